The van der Waals surface area contributed by atoms with Crippen LogP contribution in [0.2, 0.25) is 0 Å². The number of nitrogens with zero attached hydrogens (tertiary/aromatic N) is 5. The van der Waals surface area contributed by atoms with Crippen LogP contribution in [-0.2, 0) is 9.53 Å². The van der Waals surface area contributed by atoms with Gasteiger partial charge in [0.2, 0.25) is 11.1 Å². The van der Waals surface area contributed by atoms with Crippen LogP contribution < -0.4 is 4.74 Å². The number of methoxy groups -OCH3 is 1. The molecule has 1 aromatic heterocycles. The minimum Gasteiger partial charge on any atom is -0.497 e. The van der Waals surface area contributed by atoms with Gasteiger partial charge in [-0.15, -0.1) is 5.10 Å². The van der Waals surface area contributed by atoms with E-state index in [2.05, 4.69) is 15.5 Å². The zero-order valence-electron chi connectivity index (χ0n) is 13.4. The number of hydrogen-bond acceptors (Lipinski definition) is 7. The number of aromatic nitrogens is 4. The summed E-state index contributed by atoms with van der Waals surface area (Å²) >= 11 is 1.47. The molecule has 0 unspecified atom stereocenters. The van der Waals surface area contributed by atoms with Gasteiger partial charge >= 0.3 is 0 Å². The van der Waals surface area contributed by atoms with E-state index in [4.69, 9.17) is 9.47 Å². The van der Waals surface area contributed by atoms with Gasteiger partial charge in [0.05, 0.1) is 26.0 Å². The normalized spacial score (nSPS) is 14.6. The summed E-state index contributed by atoms with van der Waals surface area (Å²) in [4.78, 5) is 14.0. The van der Waals surface area contributed by atoms with Crippen LogP contribution in [-0.4, -0.2) is 70.2 Å². The Kier molecular flexibility index (Phi) is 5.65. The molecule has 2 heterocycles. The lowest BCUT2D eigenvalue weighted by Gasteiger charge is -2.26. The highest BCUT2D eigenvalue weighted by atomic mass is 32.2. The molecule has 1 aromatic carbocycles. The van der Waals surface area contributed by atoms with Crippen LogP contribution in [0, 0.1) is 0 Å². The van der Waals surface area contributed by atoms with Crippen LogP contribution in [0.5, 0.6) is 5.75 Å². The van der Waals surface area contributed by atoms with Gasteiger partial charge in [-0.1, -0.05) is 11.8 Å². The van der Waals surface area contributed by atoms with E-state index in [9.17, 15) is 4.79 Å². The number of tetrazole rings is 1. The number of hydrogen-bond donors (Lipinski definition) is 0. The van der Waals surface area contributed by atoms with Crippen molar-refractivity contribution < 1.29 is 14.3 Å². The number of rotatable bonds is 6. The van der Waals surface area contributed by atoms with E-state index >= 15 is 0 Å². The molecule has 0 bridgehead atoms. The lowest BCUT2D eigenvalue weighted by atomic mass is 10.3. The van der Waals surface area contributed by atoms with Crippen LogP contribution in [0.3, 0.4) is 0 Å². The van der Waals surface area contributed by atoms with Crippen LogP contribution in [0.25, 0.3) is 5.69 Å². The third-order valence-electron chi connectivity index (χ3n) is 3.67. The van der Waals surface area contributed by atoms with Crippen molar-refractivity contribution in [1.82, 2.24) is 25.1 Å². The third-order valence-corrected chi connectivity index (χ3v) is 4.59. The smallest absolute Gasteiger partial charge is 0.223 e. The number of carbonyl (C=O) groups excluding carboxylic acids is 1. The molecular formula is C15H19N5O3S. The number of benzene rings is 1. The molecule has 8 nitrogen and oxygen atoms in total. The molecule has 0 N–H and O–H groups in total. The monoisotopic (exact) mass is 349 g/mol. The van der Waals surface area contributed by atoms with Gasteiger partial charge < -0.3 is 14.4 Å². The second-order valence-corrected chi connectivity index (χ2v) is 6.22. The molecule has 2 aromatic rings. The van der Waals surface area contributed by atoms with Crippen molar-refractivity contribution in [3.8, 4) is 11.4 Å². The predicted molar refractivity (Wildman–Crippen MR) is 88.4 cm³/mol. The molecule has 1 aliphatic rings. The van der Waals surface area contributed by atoms with Crippen LogP contribution in [0.15, 0.2) is 29.4 Å². The maximum Gasteiger partial charge on any atom is 0.223 e. The molecule has 3 rings (SSSR count). The summed E-state index contributed by atoms with van der Waals surface area (Å²) in [7, 11) is 1.62. The highest BCUT2D eigenvalue weighted by Gasteiger charge is 2.17. The van der Waals surface area contributed by atoms with Crippen LogP contribution in [0.1, 0.15) is 6.42 Å². The van der Waals surface area contributed by atoms with E-state index < -0.39 is 0 Å². The first kappa shape index (κ1) is 16.7. The molecule has 1 saturated heterocycles. The molecule has 24 heavy (non-hydrogen) atoms. The van der Waals surface area contributed by atoms with Gasteiger partial charge in [-0.25, -0.2) is 0 Å². The lowest BCUT2D eigenvalue weighted by Crippen LogP contribution is -2.40. The zero-order valence-corrected chi connectivity index (χ0v) is 14.2. The highest BCUT2D eigenvalue weighted by molar-refractivity contribution is 7.99. The first-order valence-corrected chi connectivity index (χ1v) is 8.67. The summed E-state index contributed by atoms with van der Waals surface area (Å²) in [5.74, 6) is 1.55. The van der Waals surface area contributed by atoms with Crippen molar-refractivity contribution in [2.45, 2.75) is 11.6 Å². The van der Waals surface area contributed by atoms with Gasteiger partial charge in [0, 0.05) is 25.3 Å². The Morgan fingerprint density at radius 1 is 1.29 bits per heavy atom. The maximum atomic E-state index is 12.1. The summed E-state index contributed by atoms with van der Waals surface area (Å²) in [6, 6.07) is 7.48. The molecule has 0 spiro atoms. The molecule has 0 saturated carbocycles. The van der Waals surface area contributed by atoms with Gasteiger partial charge in [-0.2, -0.15) is 4.68 Å². The average Bonchev–Trinajstić information content (AvgIpc) is 3.11. The van der Waals surface area contributed by atoms with Crippen molar-refractivity contribution in [3.63, 3.8) is 0 Å². The Labute approximate surface area is 144 Å². The summed E-state index contributed by atoms with van der Waals surface area (Å²) in [6.45, 7) is 2.59. The van der Waals surface area contributed by atoms with Crippen LogP contribution >= 0.6 is 11.8 Å². The van der Waals surface area contributed by atoms with Crippen molar-refractivity contribution in [2.75, 3.05) is 39.2 Å². The van der Waals surface area contributed by atoms with Crippen molar-refractivity contribution in [2.24, 2.45) is 0 Å². The molecule has 1 fully saturated rings. The van der Waals surface area contributed by atoms with Gasteiger partial charge in [-0.05, 0) is 34.7 Å². The number of ether oxygens (including phenoxy) is 2. The van der Waals surface area contributed by atoms with E-state index in [0.29, 0.717) is 43.6 Å². The molecule has 128 valence electrons. The van der Waals surface area contributed by atoms with Gasteiger partial charge in [0.1, 0.15) is 5.75 Å². The topological polar surface area (TPSA) is 82.4 Å². The molecule has 1 amide bonds. The fraction of sp³-hybridized carbons (Fsp3) is 0.467. The van der Waals surface area contributed by atoms with E-state index in [1.54, 1.807) is 11.8 Å². The van der Waals surface area contributed by atoms with E-state index in [-0.39, 0.29) is 5.91 Å². The third kappa shape index (κ3) is 4.04. The number of thioether (sulfide) groups is 1. The number of amides is 1. The molecule has 0 radical (unpaired) electrons. The second kappa shape index (κ2) is 8.11. The number of carbonyl (C=O) groups is 1. The van der Waals surface area contributed by atoms with Crippen molar-refractivity contribution in [3.05, 3.63) is 24.3 Å². The molecule has 0 aliphatic carbocycles. The minimum absolute atomic E-state index is 0.147. The molecule has 0 atom stereocenters. The van der Waals surface area contributed by atoms with E-state index in [0.717, 1.165) is 11.4 Å². The van der Waals surface area contributed by atoms with E-state index in [1.807, 2.05) is 29.2 Å². The van der Waals surface area contributed by atoms with Crippen molar-refractivity contribution in [1.29, 1.82) is 0 Å². The summed E-state index contributed by atoms with van der Waals surface area (Å²) in [6.07, 6.45) is 0.458. The largest absolute Gasteiger partial charge is 0.497 e. The molecular weight excluding hydrogens is 330 g/mol. The standard InChI is InChI=1S/C15H19N5O3S/c1-22-13-4-2-12(3-5-13)20-15(16-17-18-20)24-11-6-14(21)19-7-9-23-10-8-19/h2-5H,6-11H2,1H3. The quantitative estimate of drug-likeness (QED) is 0.720. The average molecular weight is 349 g/mol. The van der Waals surface area contributed by atoms with E-state index in [1.165, 1.54) is 11.8 Å². The van der Waals surface area contributed by atoms with Crippen molar-refractivity contribution >= 4 is 17.7 Å². The van der Waals surface area contributed by atoms with Crippen LogP contribution in [0.4, 0.5) is 0 Å². The first-order chi connectivity index (χ1) is 11.8. The predicted octanol–water partition coefficient (Wildman–Crippen LogP) is 1.01. The fourth-order valence-corrected chi connectivity index (χ4v) is 3.17. The Morgan fingerprint density at radius 2 is 2.04 bits per heavy atom. The first-order valence-electron chi connectivity index (χ1n) is 7.69. The fourth-order valence-electron chi connectivity index (χ4n) is 2.35. The molecule has 9 heteroatoms. The van der Waals surface area contributed by atoms with Gasteiger partial charge in [-0.3, -0.25) is 4.79 Å². The maximum absolute atomic E-state index is 12.1. The SMILES string of the molecule is COc1ccc(-n2nnnc2SCCC(=O)N2CCOCC2)cc1. The number of morpholine rings is 1. The summed E-state index contributed by atoms with van der Waals surface area (Å²) < 4.78 is 12.1. The minimum atomic E-state index is 0.147. The van der Waals surface area contributed by atoms with Gasteiger partial charge in [0.15, 0.2) is 0 Å². The lowest BCUT2D eigenvalue weighted by molar-refractivity contribution is -0.134. The Bertz CT molecular complexity index is 670. The Hall–Kier alpha value is -2.13. The second-order valence-electron chi connectivity index (χ2n) is 5.16. The van der Waals surface area contributed by atoms with Gasteiger partial charge in [0.25, 0.3) is 0 Å². The Morgan fingerprint density at radius 3 is 2.75 bits per heavy atom. The molecule has 1 aliphatic heterocycles. The summed E-state index contributed by atoms with van der Waals surface area (Å²) in [5.41, 5.74) is 0.850. The zero-order chi connectivity index (χ0) is 16.8. The Balaban J connectivity index is 1.56. The highest BCUT2D eigenvalue weighted by Crippen LogP contribution is 2.21. The summed E-state index contributed by atoms with van der Waals surface area (Å²) in [5, 5.41) is 12.4.